The third-order valence-corrected chi connectivity index (χ3v) is 1.86. The van der Waals surface area contributed by atoms with E-state index >= 15 is 0 Å². The minimum atomic E-state index is -0.428. The maximum atomic E-state index is 11.2. The van der Waals surface area contributed by atoms with Gasteiger partial charge in [-0.3, -0.25) is 0 Å². The Morgan fingerprint density at radius 1 is 1.64 bits per heavy atom. The number of esters is 1. The average molecular weight is 197 g/mol. The Labute approximate surface area is 83.2 Å². The maximum absolute atomic E-state index is 11.2. The monoisotopic (exact) mass is 197 g/mol. The molecule has 0 aliphatic heterocycles. The van der Waals surface area contributed by atoms with Gasteiger partial charge in [-0.1, -0.05) is 6.92 Å². The van der Waals surface area contributed by atoms with E-state index in [1.54, 1.807) is 6.07 Å². The summed E-state index contributed by atoms with van der Waals surface area (Å²) in [4.78, 5) is 11.2. The molecule has 1 aromatic rings. The molecule has 0 radical (unpaired) electrons. The Morgan fingerprint density at radius 3 is 3.07 bits per heavy atom. The largest absolute Gasteiger partial charge is 0.463 e. The summed E-state index contributed by atoms with van der Waals surface area (Å²) >= 11 is 0. The molecule has 0 bridgehead atoms. The first-order valence-corrected chi connectivity index (χ1v) is 4.65. The molecule has 4 nitrogen and oxygen atoms in total. The van der Waals surface area contributed by atoms with E-state index in [1.807, 2.05) is 0 Å². The van der Waals surface area contributed by atoms with Crippen LogP contribution in [0.5, 0.6) is 0 Å². The van der Waals surface area contributed by atoms with Gasteiger partial charge in [0.15, 0.2) is 0 Å². The Bertz CT molecular complexity index is 293. The van der Waals surface area contributed by atoms with Crippen molar-refractivity contribution in [2.45, 2.75) is 19.9 Å². The van der Waals surface area contributed by atoms with Crippen LogP contribution >= 0.6 is 0 Å². The highest BCUT2D eigenvalue weighted by molar-refractivity contribution is 5.87. The Balaban J connectivity index is 2.58. The highest BCUT2D eigenvalue weighted by Gasteiger charge is 2.14. The fourth-order valence-electron chi connectivity index (χ4n) is 1.15. The van der Waals surface area contributed by atoms with Gasteiger partial charge < -0.3 is 14.5 Å². The van der Waals surface area contributed by atoms with Gasteiger partial charge in [0.25, 0.3) is 0 Å². The second kappa shape index (κ2) is 5.44. The van der Waals surface area contributed by atoms with Crippen LogP contribution in [0, 0.1) is 0 Å². The Kier molecular flexibility index (Phi) is 4.19. The molecule has 0 atom stereocenters. The van der Waals surface area contributed by atoms with Crippen LogP contribution in [0.3, 0.4) is 0 Å². The lowest BCUT2D eigenvalue weighted by molar-refractivity contribution is 0.0563. The van der Waals surface area contributed by atoms with Crippen molar-refractivity contribution in [1.29, 1.82) is 0 Å². The molecule has 1 heterocycles. The number of rotatable bonds is 5. The quantitative estimate of drug-likeness (QED) is 0.575. The molecule has 14 heavy (non-hydrogen) atoms. The van der Waals surface area contributed by atoms with Crippen LogP contribution in [0.4, 0.5) is 0 Å². The summed E-state index contributed by atoms with van der Waals surface area (Å²) in [7, 11) is 1.34. The predicted octanol–water partition coefficient (Wildman–Crippen LogP) is 1.57. The van der Waals surface area contributed by atoms with Gasteiger partial charge in [0.1, 0.15) is 0 Å². The average Bonchev–Trinajstić information content (AvgIpc) is 2.65. The van der Waals surface area contributed by atoms with Crippen molar-refractivity contribution in [3.05, 3.63) is 23.7 Å². The topological polar surface area (TPSA) is 51.5 Å². The minimum absolute atomic E-state index is 0.288. The molecular weight excluding hydrogens is 182 g/mol. The van der Waals surface area contributed by atoms with Gasteiger partial charge >= 0.3 is 5.97 Å². The lowest BCUT2D eigenvalue weighted by atomic mass is 10.2. The van der Waals surface area contributed by atoms with E-state index in [1.165, 1.54) is 13.4 Å². The van der Waals surface area contributed by atoms with E-state index in [4.69, 9.17) is 4.42 Å². The number of carbonyl (C=O) groups is 1. The van der Waals surface area contributed by atoms with Crippen molar-refractivity contribution >= 4 is 5.97 Å². The first-order chi connectivity index (χ1) is 6.79. The van der Waals surface area contributed by atoms with E-state index in [2.05, 4.69) is 17.0 Å². The Hall–Kier alpha value is -1.29. The summed E-state index contributed by atoms with van der Waals surface area (Å²) in [6.45, 7) is 3.64. The number of hydrogen-bond donors (Lipinski definition) is 1. The van der Waals surface area contributed by atoms with Crippen molar-refractivity contribution in [3.8, 4) is 0 Å². The molecule has 1 N–H and O–H groups in total. The van der Waals surface area contributed by atoms with Crippen LogP contribution in [-0.4, -0.2) is 19.6 Å². The van der Waals surface area contributed by atoms with Crippen molar-refractivity contribution in [1.82, 2.24) is 5.32 Å². The van der Waals surface area contributed by atoms with E-state index in [0.717, 1.165) is 18.5 Å². The number of methoxy groups -OCH3 is 1. The van der Waals surface area contributed by atoms with Gasteiger partial charge in [-0.2, -0.15) is 0 Å². The van der Waals surface area contributed by atoms with E-state index in [-0.39, 0.29) is 5.76 Å². The molecule has 0 unspecified atom stereocenters. The smallest absolute Gasteiger partial charge is 0.374 e. The van der Waals surface area contributed by atoms with Crippen molar-refractivity contribution in [2.24, 2.45) is 0 Å². The summed E-state index contributed by atoms with van der Waals surface area (Å²) in [5.41, 5.74) is 0.838. The summed E-state index contributed by atoms with van der Waals surface area (Å²) in [5.74, 6) is -0.139. The van der Waals surface area contributed by atoms with Crippen LogP contribution in [0.1, 0.15) is 29.5 Å². The van der Waals surface area contributed by atoms with E-state index in [9.17, 15) is 4.79 Å². The molecule has 0 amide bonds. The zero-order valence-electron chi connectivity index (χ0n) is 8.50. The third kappa shape index (κ3) is 2.60. The Morgan fingerprint density at radius 2 is 2.43 bits per heavy atom. The number of carbonyl (C=O) groups excluding carboxylic acids is 1. The van der Waals surface area contributed by atoms with Gasteiger partial charge in [-0.05, 0) is 19.0 Å². The molecule has 1 aromatic heterocycles. The summed E-state index contributed by atoms with van der Waals surface area (Å²) in [6, 6.07) is 1.77. The van der Waals surface area contributed by atoms with Gasteiger partial charge in [0.05, 0.1) is 13.4 Å². The number of hydrogen-bond acceptors (Lipinski definition) is 4. The number of ether oxygens (including phenoxy) is 1. The van der Waals surface area contributed by atoms with Crippen LogP contribution < -0.4 is 5.32 Å². The molecule has 0 saturated heterocycles. The first-order valence-electron chi connectivity index (χ1n) is 4.65. The van der Waals surface area contributed by atoms with Gasteiger partial charge in [-0.15, -0.1) is 0 Å². The van der Waals surface area contributed by atoms with Crippen LogP contribution in [0.2, 0.25) is 0 Å². The lowest BCUT2D eigenvalue weighted by Gasteiger charge is -2.02. The minimum Gasteiger partial charge on any atom is -0.463 e. The van der Waals surface area contributed by atoms with Gasteiger partial charge in [-0.25, -0.2) is 4.79 Å². The van der Waals surface area contributed by atoms with E-state index in [0.29, 0.717) is 6.54 Å². The lowest BCUT2D eigenvalue weighted by Crippen LogP contribution is -2.15. The van der Waals surface area contributed by atoms with Crippen molar-refractivity contribution in [3.63, 3.8) is 0 Å². The third-order valence-electron chi connectivity index (χ3n) is 1.86. The van der Waals surface area contributed by atoms with Gasteiger partial charge in [0.2, 0.25) is 5.76 Å². The molecule has 4 heteroatoms. The van der Waals surface area contributed by atoms with Crippen LogP contribution in [-0.2, 0) is 11.3 Å². The normalized spacial score (nSPS) is 10.1. The predicted molar refractivity (Wildman–Crippen MR) is 52.0 cm³/mol. The molecule has 0 saturated carbocycles. The molecule has 0 aliphatic carbocycles. The first kappa shape index (κ1) is 10.8. The molecule has 0 aliphatic rings. The van der Waals surface area contributed by atoms with Crippen molar-refractivity contribution < 1.29 is 13.9 Å². The van der Waals surface area contributed by atoms with E-state index < -0.39 is 5.97 Å². The summed E-state index contributed by atoms with van der Waals surface area (Å²) in [5, 5.41) is 3.19. The fourth-order valence-corrected chi connectivity index (χ4v) is 1.15. The number of furan rings is 1. The molecule has 0 aromatic carbocycles. The molecule has 0 spiro atoms. The zero-order chi connectivity index (χ0) is 10.4. The SMILES string of the molecule is CCCNCc1ccoc1C(=O)OC. The zero-order valence-corrected chi connectivity index (χ0v) is 8.50. The summed E-state index contributed by atoms with van der Waals surface area (Å²) < 4.78 is 9.61. The van der Waals surface area contributed by atoms with Gasteiger partial charge in [0, 0.05) is 12.1 Å². The molecular formula is C10H15NO3. The molecule has 1 rings (SSSR count). The van der Waals surface area contributed by atoms with Crippen LogP contribution in [0.25, 0.3) is 0 Å². The van der Waals surface area contributed by atoms with Crippen molar-refractivity contribution in [2.75, 3.05) is 13.7 Å². The fraction of sp³-hybridized carbons (Fsp3) is 0.500. The highest BCUT2D eigenvalue weighted by Crippen LogP contribution is 2.11. The molecule has 78 valence electrons. The maximum Gasteiger partial charge on any atom is 0.374 e. The highest BCUT2D eigenvalue weighted by atomic mass is 16.5. The second-order valence-corrected chi connectivity index (χ2v) is 2.94. The molecule has 0 fully saturated rings. The summed E-state index contributed by atoms with van der Waals surface area (Å²) in [6.07, 6.45) is 2.56. The second-order valence-electron chi connectivity index (χ2n) is 2.94. The number of nitrogens with one attached hydrogen (secondary N) is 1. The standard InChI is InChI=1S/C10H15NO3/c1-3-5-11-7-8-4-6-14-9(8)10(12)13-2/h4,6,11H,3,5,7H2,1-2H3. The van der Waals surface area contributed by atoms with Crippen LogP contribution in [0.15, 0.2) is 16.7 Å².